The second-order valence-electron chi connectivity index (χ2n) is 8.32. The Morgan fingerprint density at radius 3 is 2.58 bits per heavy atom. The van der Waals surface area contributed by atoms with Crippen molar-refractivity contribution in [1.82, 2.24) is 19.5 Å². The van der Waals surface area contributed by atoms with Crippen molar-refractivity contribution in [2.45, 2.75) is 24.8 Å². The number of nitrogens with one attached hydrogen (secondary N) is 1. The monoisotopic (exact) mass is 507 g/mol. The number of aromatic amines is 1. The van der Waals surface area contributed by atoms with Gasteiger partial charge in [-0.25, -0.2) is 27.9 Å². The summed E-state index contributed by atoms with van der Waals surface area (Å²) in [5, 5.41) is 5.65. The molecule has 3 aromatic carbocycles. The molecule has 2 aromatic heterocycles. The maximum Gasteiger partial charge on any atom is 0.259 e. The minimum atomic E-state index is -3.99. The molecule has 0 fully saturated rings. The van der Waals surface area contributed by atoms with Crippen molar-refractivity contribution in [3.05, 3.63) is 82.7 Å². The number of primary sulfonamides is 1. The number of rotatable bonds is 7. The highest BCUT2D eigenvalue weighted by Gasteiger charge is 2.17. The number of nitrogens with zero attached hydrogens (tertiary/aromatic N) is 3. The topological polar surface area (TPSA) is 133 Å². The Morgan fingerprint density at radius 1 is 1.08 bits per heavy atom. The summed E-state index contributed by atoms with van der Waals surface area (Å²) in [6, 6.07) is 13.7. The van der Waals surface area contributed by atoms with E-state index in [9.17, 15) is 17.6 Å². The van der Waals surface area contributed by atoms with E-state index in [0.29, 0.717) is 40.9 Å². The summed E-state index contributed by atoms with van der Waals surface area (Å²) in [5.41, 5.74) is 2.50. The summed E-state index contributed by atoms with van der Waals surface area (Å²) in [5.74, 6) is 0.206. The maximum atomic E-state index is 13.3. The molecule has 5 aromatic rings. The molecule has 0 spiro atoms. The van der Waals surface area contributed by atoms with Crippen LogP contribution in [-0.2, 0) is 16.6 Å². The summed E-state index contributed by atoms with van der Waals surface area (Å²) >= 11 is 0. The molecule has 0 saturated heterocycles. The molecule has 0 radical (unpaired) electrons. The average Bonchev–Trinajstić information content (AvgIpc) is 3.23. The van der Waals surface area contributed by atoms with Crippen LogP contribution >= 0.6 is 0 Å². The van der Waals surface area contributed by atoms with Gasteiger partial charge in [0, 0.05) is 6.54 Å². The molecule has 0 unspecified atom stereocenters. The van der Waals surface area contributed by atoms with E-state index in [1.54, 1.807) is 30.6 Å². The zero-order chi connectivity index (χ0) is 25.4. The van der Waals surface area contributed by atoms with Crippen LogP contribution in [0.15, 0.2) is 70.6 Å². The third-order valence-electron chi connectivity index (χ3n) is 5.71. The number of H-pyrrole nitrogens is 1. The summed E-state index contributed by atoms with van der Waals surface area (Å²) in [7, 11) is -3.99. The first-order chi connectivity index (χ1) is 17.2. The predicted molar refractivity (Wildman–Crippen MR) is 134 cm³/mol. The van der Waals surface area contributed by atoms with E-state index < -0.39 is 15.6 Å². The number of hydrogen-bond donors (Lipinski definition) is 2. The third-order valence-corrected chi connectivity index (χ3v) is 6.62. The highest BCUT2D eigenvalue weighted by Crippen LogP contribution is 2.31. The van der Waals surface area contributed by atoms with E-state index in [4.69, 9.17) is 9.88 Å². The molecule has 0 aliphatic carbocycles. The third kappa shape index (κ3) is 4.58. The lowest BCUT2D eigenvalue weighted by molar-refractivity contribution is 0.318. The van der Waals surface area contributed by atoms with Gasteiger partial charge in [0.05, 0.1) is 45.3 Å². The number of ether oxygens (including phenoxy) is 1. The van der Waals surface area contributed by atoms with Crippen molar-refractivity contribution in [2.24, 2.45) is 5.14 Å². The molecule has 9 nitrogen and oxygen atoms in total. The Balaban J connectivity index is 1.62. The largest absolute Gasteiger partial charge is 0.493 e. The van der Waals surface area contributed by atoms with Gasteiger partial charge in [0.2, 0.25) is 10.0 Å². The molecule has 0 bridgehead atoms. The van der Waals surface area contributed by atoms with Crippen molar-refractivity contribution in [2.75, 3.05) is 6.61 Å². The predicted octanol–water partition coefficient (Wildman–Crippen LogP) is 3.56. The SMILES string of the molecule is CCCOc1ccc(S(N)(=O)=O)cc1-c1nc2cc3ncn(Cc4ccc(F)cc4)c3cc2c(=O)[nH]1. The van der Waals surface area contributed by atoms with E-state index in [0.717, 1.165) is 17.5 Å². The van der Waals surface area contributed by atoms with Gasteiger partial charge in [-0.2, -0.15) is 0 Å². The fourth-order valence-corrected chi connectivity index (χ4v) is 4.48. The molecule has 2 heterocycles. The molecule has 0 aliphatic rings. The van der Waals surface area contributed by atoms with Crippen LogP contribution in [0, 0.1) is 5.82 Å². The summed E-state index contributed by atoms with van der Waals surface area (Å²) in [4.78, 5) is 24.7. The Labute approximate surface area is 205 Å². The Morgan fingerprint density at radius 2 is 1.86 bits per heavy atom. The van der Waals surface area contributed by atoms with Crippen molar-refractivity contribution in [1.29, 1.82) is 0 Å². The van der Waals surface area contributed by atoms with Gasteiger partial charge < -0.3 is 14.3 Å². The fourth-order valence-electron chi connectivity index (χ4n) is 3.94. The first kappa shape index (κ1) is 23.6. The van der Waals surface area contributed by atoms with Gasteiger partial charge in [0.25, 0.3) is 5.56 Å². The second-order valence-corrected chi connectivity index (χ2v) is 9.88. The van der Waals surface area contributed by atoms with Gasteiger partial charge in [-0.3, -0.25) is 4.79 Å². The second kappa shape index (κ2) is 9.17. The lowest BCUT2D eigenvalue weighted by Crippen LogP contribution is -2.14. The number of benzene rings is 3. The summed E-state index contributed by atoms with van der Waals surface area (Å²) in [6.07, 6.45) is 2.38. The van der Waals surface area contributed by atoms with Gasteiger partial charge in [0.15, 0.2) is 0 Å². The molecule has 0 saturated carbocycles. The zero-order valence-corrected chi connectivity index (χ0v) is 20.0. The molecule has 0 atom stereocenters. The van der Waals surface area contributed by atoms with E-state index in [-0.39, 0.29) is 16.5 Å². The van der Waals surface area contributed by atoms with E-state index in [1.807, 2.05) is 11.5 Å². The van der Waals surface area contributed by atoms with Crippen LogP contribution in [0.25, 0.3) is 33.3 Å². The Bertz CT molecular complexity index is 1760. The van der Waals surface area contributed by atoms with Gasteiger partial charge in [-0.15, -0.1) is 0 Å². The molecule has 184 valence electrons. The van der Waals surface area contributed by atoms with Crippen LogP contribution < -0.4 is 15.4 Å². The van der Waals surface area contributed by atoms with Gasteiger partial charge in [-0.05, 0) is 54.4 Å². The van der Waals surface area contributed by atoms with Crippen LogP contribution in [0.5, 0.6) is 5.75 Å². The van der Waals surface area contributed by atoms with Crippen LogP contribution in [0.3, 0.4) is 0 Å². The van der Waals surface area contributed by atoms with Crippen molar-refractivity contribution >= 4 is 32.0 Å². The first-order valence-corrected chi connectivity index (χ1v) is 12.7. The smallest absolute Gasteiger partial charge is 0.259 e. The van der Waals surface area contributed by atoms with E-state index in [2.05, 4.69) is 15.0 Å². The number of sulfonamides is 1. The van der Waals surface area contributed by atoms with Crippen LogP contribution in [0.4, 0.5) is 4.39 Å². The van der Waals surface area contributed by atoms with Crippen LogP contribution in [-0.4, -0.2) is 34.5 Å². The quantitative estimate of drug-likeness (QED) is 0.346. The summed E-state index contributed by atoms with van der Waals surface area (Å²) < 4.78 is 44.7. The minimum Gasteiger partial charge on any atom is -0.493 e. The van der Waals surface area contributed by atoms with Gasteiger partial charge in [-0.1, -0.05) is 19.1 Å². The molecule has 11 heteroatoms. The number of fused-ring (bicyclic) bond motifs is 2. The van der Waals surface area contributed by atoms with Crippen molar-refractivity contribution in [3.8, 4) is 17.1 Å². The van der Waals surface area contributed by atoms with E-state index >= 15 is 0 Å². The van der Waals surface area contributed by atoms with Crippen LogP contribution in [0.1, 0.15) is 18.9 Å². The Hall–Kier alpha value is -4.09. The van der Waals surface area contributed by atoms with Gasteiger partial charge >= 0.3 is 0 Å². The lowest BCUT2D eigenvalue weighted by atomic mass is 10.1. The summed E-state index contributed by atoms with van der Waals surface area (Å²) in [6.45, 7) is 2.78. The number of imidazole rings is 1. The average molecular weight is 508 g/mol. The molecular formula is C25H22FN5O4S. The molecule has 0 amide bonds. The highest BCUT2D eigenvalue weighted by atomic mass is 32.2. The number of nitrogens with two attached hydrogens (primary N) is 1. The number of aromatic nitrogens is 4. The zero-order valence-electron chi connectivity index (χ0n) is 19.2. The number of hydrogen-bond acceptors (Lipinski definition) is 6. The van der Waals surface area contributed by atoms with Crippen molar-refractivity contribution in [3.63, 3.8) is 0 Å². The molecule has 0 aliphatic heterocycles. The fraction of sp³-hybridized carbons (Fsp3) is 0.160. The standard InChI is InChI=1S/C25H22FN5O4S/c1-2-9-35-23-8-7-17(36(27,33)34)10-19(23)24-29-20-12-21-22(11-18(20)25(32)30-24)31(14-28-21)13-15-3-5-16(26)6-4-15/h3-8,10-12,14H,2,9,13H2,1H3,(H2,27,33,34)(H,29,30,32). The maximum absolute atomic E-state index is 13.3. The normalized spacial score (nSPS) is 11.9. The molecular weight excluding hydrogens is 485 g/mol. The van der Waals surface area contributed by atoms with Crippen LogP contribution in [0.2, 0.25) is 0 Å². The molecule has 3 N–H and O–H groups in total. The minimum absolute atomic E-state index is 0.126. The van der Waals surface area contributed by atoms with Crippen molar-refractivity contribution < 1.29 is 17.5 Å². The Kier molecular flexibility index (Phi) is 6.02. The van der Waals surface area contributed by atoms with Gasteiger partial charge in [0.1, 0.15) is 17.4 Å². The highest BCUT2D eigenvalue weighted by molar-refractivity contribution is 7.89. The lowest BCUT2D eigenvalue weighted by Gasteiger charge is -2.12. The molecule has 36 heavy (non-hydrogen) atoms. The molecule has 5 rings (SSSR count). The first-order valence-electron chi connectivity index (χ1n) is 11.2. The van der Waals surface area contributed by atoms with E-state index in [1.165, 1.54) is 30.3 Å². The number of halogens is 1.